The van der Waals surface area contributed by atoms with E-state index in [1.54, 1.807) is 18.6 Å². The predicted molar refractivity (Wildman–Crippen MR) is 84.7 cm³/mol. The van der Waals surface area contributed by atoms with Gasteiger partial charge >= 0.3 is 0 Å². The van der Waals surface area contributed by atoms with Crippen molar-refractivity contribution in [1.29, 1.82) is 0 Å². The molecule has 4 nitrogen and oxygen atoms in total. The van der Waals surface area contributed by atoms with Crippen molar-refractivity contribution >= 4 is 48.9 Å². The fraction of sp³-hybridized carbons (Fsp3) is 0.250. The molecular formula is C12H12BrClN2O2S2. The topological polar surface area (TPSA) is 50.3 Å². The van der Waals surface area contributed by atoms with Gasteiger partial charge in [-0.05, 0) is 41.1 Å². The van der Waals surface area contributed by atoms with E-state index in [1.807, 2.05) is 6.92 Å². The van der Waals surface area contributed by atoms with Crippen molar-refractivity contribution in [1.82, 2.24) is 9.29 Å². The quantitative estimate of drug-likeness (QED) is 0.793. The molecule has 2 rings (SSSR count). The van der Waals surface area contributed by atoms with Gasteiger partial charge < -0.3 is 0 Å². The van der Waals surface area contributed by atoms with Crippen molar-refractivity contribution in [2.24, 2.45) is 0 Å². The molecule has 0 aliphatic carbocycles. The smallest absolute Gasteiger partial charge is 0.243 e. The second-order valence-electron chi connectivity index (χ2n) is 4.20. The van der Waals surface area contributed by atoms with Crippen LogP contribution in [-0.2, 0) is 16.6 Å². The summed E-state index contributed by atoms with van der Waals surface area (Å²) < 4.78 is 26.8. The van der Waals surface area contributed by atoms with E-state index in [1.165, 1.54) is 27.8 Å². The van der Waals surface area contributed by atoms with E-state index in [2.05, 4.69) is 20.9 Å². The molecule has 0 fully saturated rings. The largest absolute Gasteiger partial charge is 0.250 e. The Hall–Kier alpha value is -0.470. The normalized spacial score (nSPS) is 12.1. The maximum absolute atomic E-state index is 12.5. The van der Waals surface area contributed by atoms with Crippen LogP contribution in [0.2, 0.25) is 5.02 Å². The van der Waals surface area contributed by atoms with Crippen molar-refractivity contribution in [3.63, 3.8) is 0 Å². The Labute approximate surface area is 135 Å². The Bertz CT molecular complexity index is 731. The Kier molecular flexibility index (Phi) is 4.86. The molecule has 0 spiro atoms. The highest BCUT2D eigenvalue weighted by Crippen LogP contribution is 2.27. The molecule has 108 valence electrons. The zero-order valence-electron chi connectivity index (χ0n) is 10.8. The molecule has 0 saturated heterocycles. The highest BCUT2D eigenvalue weighted by molar-refractivity contribution is 9.10. The molecule has 0 unspecified atom stereocenters. The molecule has 0 aliphatic rings. The third-order valence-electron chi connectivity index (χ3n) is 2.81. The highest BCUT2D eigenvalue weighted by atomic mass is 79.9. The lowest BCUT2D eigenvalue weighted by Gasteiger charge is -2.17. The summed E-state index contributed by atoms with van der Waals surface area (Å²) in [5.41, 5.74) is 2.57. The van der Waals surface area contributed by atoms with E-state index in [0.29, 0.717) is 16.0 Å². The van der Waals surface area contributed by atoms with Gasteiger partial charge in [0.15, 0.2) is 0 Å². The van der Waals surface area contributed by atoms with Gasteiger partial charge in [0.25, 0.3) is 0 Å². The van der Waals surface area contributed by atoms with Crippen LogP contribution in [0.5, 0.6) is 0 Å². The Balaban J connectivity index is 2.29. The number of nitrogens with zero attached hydrogens (tertiary/aromatic N) is 2. The number of aryl methyl sites for hydroxylation is 1. The lowest BCUT2D eigenvalue weighted by atomic mass is 10.4. The van der Waals surface area contributed by atoms with Crippen LogP contribution in [0.25, 0.3) is 0 Å². The molecule has 1 aromatic heterocycles. The van der Waals surface area contributed by atoms with Crippen molar-refractivity contribution in [2.75, 3.05) is 7.05 Å². The van der Waals surface area contributed by atoms with Crippen LogP contribution in [0.1, 0.15) is 10.6 Å². The van der Waals surface area contributed by atoms with Gasteiger partial charge in [-0.25, -0.2) is 13.4 Å². The summed E-state index contributed by atoms with van der Waals surface area (Å²) >= 11 is 10.6. The Morgan fingerprint density at radius 2 is 2.15 bits per heavy atom. The number of rotatable bonds is 4. The number of hydrogen-bond donors (Lipinski definition) is 0. The standard InChI is InChI=1S/C12H12BrClN2O2S2/c1-8-12(19-7-15-8)6-16(2)20(17,18)9-3-4-11(14)10(13)5-9/h3-5,7H,6H2,1-2H3. The van der Waals surface area contributed by atoms with Crippen molar-refractivity contribution in [3.05, 3.63) is 43.8 Å². The van der Waals surface area contributed by atoms with Crippen LogP contribution >= 0.6 is 38.9 Å². The monoisotopic (exact) mass is 394 g/mol. The number of benzene rings is 1. The van der Waals surface area contributed by atoms with E-state index in [-0.39, 0.29) is 4.90 Å². The minimum absolute atomic E-state index is 0.207. The number of sulfonamides is 1. The lowest BCUT2D eigenvalue weighted by Crippen LogP contribution is -2.26. The fourth-order valence-corrected chi connectivity index (χ4v) is 4.31. The molecule has 0 aliphatic heterocycles. The third kappa shape index (κ3) is 3.23. The molecular weight excluding hydrogens is 384 g/mol. The fourth-order valence-electron chi connectivity index (χ4n) is 1.58. The minimum atomic E-state index is -3.55. The molecule has 2 aromatic rings. The Morgan fingerprint density at radius 3 is 2.70 bits per heavy atom. The molecule has 1 heterocycles. The van der Waals surface area contributed by atoms with Gasteiger partial charge in [-0.1, -0.05) is 11.6 Å². The molecule has 0 radical (unpaired) electrons. The summed E-state index contributed by atoms with van der Waals surface area (Å²) in [7, 11) is -1.99. The van der Waals surface area contributed by atoms with Crippen LogP contribution in [0.15, 0.2) is 33.1 Å². The molecule has 0 amide bonds. The summed E-state index contributed by atoms with van der Waals surface area (Å²) in [6, 6.07) is 4.57. The molecule has 0 bridgehead atoms. The molecule has 1 aromatic carbocycles. The zero-order chi connectivity index (χ0) is 14.9. The highest BCUT2D eigenvalue weighted by Gasteiger charge is 2.22. The van der Waals surface area contributed by atoms with Crippen LogP contribution in [0.4, 0.5) is 0 Å². The second-order valence-corrected chi connectivity index (χ2v) is 8.44. The molecule has 8 heteroatoms. The summed E-state index contributed by atoms with van der Waals surface area (Å²) in [6.45, 7) is 2.17. The number of hydrogen-bond acceptors (Lipinski definition) is 4. The molecule has 0 atom stereocenters. The zero-order valence-corrected chi connectivity index (χ0v) is 14.8. The summed E-state index contributed by atoms with van der Waals surface area (Å²) in [5.74, 6) is 0. The van der Waals surface area contributed by atoms with Gasteiger partial charge in [-0.15, -0.1) is 11.3 Å². The van der Waals surface area contributed by atoms with E-state index in [0.717, 1.165) is 10.6 Å². The third-order valence-corrected chi connectivity index (χ3v) is 6.74. The van der Waals surface area contributed by atoms with Crippen LogP contribution in [-0.4, -0.2) is 24.8 Å². The molecule has 0 saturated carbocycles. The van der Waals surface area contributed by atoms with Crippen molar-refractivity contribution in [2.45, 2.75) is 18.4 Å². The predicted octanol–water partition coefficient (Wildman–Crippen LogP) is 3.69. The molecule has 0 N–H and O–H groups in total. The van der Waals surface area contributed by atoms with Gasteiger partial charge in [0.2, 0.25) is 10.0 Å². The first-order chi connectivity index (χ1) is 9.32. The van der Waals surface area contributed by atoms with Crippen LogP contribution in [0, 0.1) is 6.92 Å². The second kappa shape index (κ2) is 6.11. The maximum atomic E-state index is 12.5. The average Bonchev–Trinajstić information content (AvgIpc) is 2.78. The van der Waals surface area contributed by atoms with Gasteiger partial charge in [0, 0.05) is 22.9 Å². The summed E-state index contributed by atoms with van der Waals surface area (Å²) in [4.78, 5) is 5.26. The van der Waals surface area contributed by atoms with Gasteiger partial charge in [-0.3, -0.25) is 0 Å². The number of thiazole rings is 1. The van der Waals surface area contributed by atoms with Gasteiger partial charge in [0.05, 0.1) is 21.1 Å². The van der Waals surface area contributed by atoms with E-state index < -0.39 is 10.0 Å². The van der Waals surface area contributed by atoms with Crippen molar-refractivity contribution in [3.8, 4) is 0 Å². The first kappa shape index (κ1) is 15.9. The van der Waals surface area contributed by atoms with Crippen LogP contribution < -0.4 is 0 Å². The summed E-state index contributed by atoms with van der Waals surface area (Å²) in [5, 5.41) is 0.477. The minimum Gasteiger partial charge on any atom is -0.250 e. The lowest BCUT2D eigenvalue weighted by molar-refractivity contribution is 0.468. The van der Waals surface area contributed by atoms with Gasteiger partial charge in [0.1, 0.15) is 0 Å². The van der Waals surface area contributed by atoms with E-state index in [9.17, 15) is 8.42 Å². The number of aromatic nitrogens is 1. The first-order valence-corrected chi connectivity index (χ1v) is 9.12. The number of halogens is 2. The first-order valence-electron chi connectivity index (χ1n) is 5.62. The SMILES string of the molecule is Cc1ncsc1CN(C)S(=O)(=O)c1ccc(Cl)c(Br)c1. The average molecular weight is 396 g/mol. The van der Waals surface area contributed by atoms with Crippen LogP contribution in [0.3, 0.4) is 0 Å². The van der Waals surface area contributed by atoms with E-state index in [4.69, 9.17) is 11.6 Å². The Morgan fingerprint density at radius 1 is 1.45 bits per heavy atom. The van der Waals surface area contributed by atoms with Gasteiger partial charge in [-0.2, -0.15) is 4.31 Å². The van der Waals surface area contributed by atoms with E-state index >= 15 is 0 Å². The maximum Gasteiger partial charge on any atom is 0.243 e. The summed E-state index contributed by atoms with van der Waals surface area (Å²) in [6.07, 6.45) is 0. The van der Waals surface area contributed by atoms with Crippen molar-refractivity contribution < 1.29 is 8.42 Å². The molecule has 20 heavy (non-hydrogen) atoms.